The van der Waals surface area contributed by atoms with Crippen molar-refractivity contribution in [2.24, 2.45) is 5.92 Å². The van der Waals surface area contributed by atoms with E-state index in [0.717, 1.165) is 55.6 Å². The van der Waals surface area contributed by atoms with Gasteiger partial charge in [0, 0.05) is 24.5 Å². The Kier molecular flexibility index (Phi) is 5.95. The molecule has 3 N–H and O–H groups in total. The monoisotopic (exact) mass is 398 g/mol. The lowest BCUT2D eigenvalue weighted by atomic mass is 9.84. The van der Waals surface area contributed by atoms with Gasteiger partial charge in [0.15, 0.2) is 0 Å². The molecule has 0 spiro atoms. The first-order chi connectivity index (χ1) is 14.0. The molecule has 6 heteroatoms. The van der Waals surface area contributed by atoms with Crippen LogP contribution in [0.2, 0.25) is 0 Å². The molecular formula is C23H31FN4O. The van der Waals surface area contributed by atoms with Gasteiger partial charge in [-0.1, -0.05) is 13.0 Å². The molecule has 2 aliphatic rings. The molecule has 0 aromatic carbocycles. The minimum atomic E-state index is -0.714. The lowest BCUT2D eigenvalue weighted by molar-refractivity contribution is 0.0102. The third-order valence-corrected chi connectivity index (χ3v) is 6.63. The maximum atomic E-state index is 14.7. The van der Waals surface area contributed by atoms with Crippen LogP contribution in [0.25, 0.3) is 0 Å². The van der Waals surface area contributed by atoms with E-state index in [1.165, 1.54) is 0 Å². The molecule has 4 atom stereocenters. The van der Waals surface area contributed by atoms with Gasteiger partial charge in [0.1, 0.15) is 5.82 Å². The van der Waals surface area contributed by atoms with Gasteiger partial charge in [-0.2, -0.15) is 0 Å². The Morgan fingerprint density at radius 3 is 2.97 bits per heavy atom. The molecule has 0 aliphatic carbocycles. The number of aromatic nitrogens is 2. The first kappa shape index (κ1) is 20.4. The Balaban J connectivity index is 1.54. The molecule has 2 aliphatic heterocycles. The van der Waals surface area contributed by atoms with E-state index in [1.807, 2.05) is 32.0 Å². The minimum Gasteiger partial charge on any atom is -0.389 e. The zero-order valence-corrected chi connectivity index (χ0v) is 17.3. The number of hydrogen-bond donors (Lipinski definition) is 3. The maximum Gasteiger partial charge on any atom is 0.146 e. The summed E-state index contributed by atoms with van der Waals surface area (Å²) in [5, 5.41) is 17.6. The molecular weight excluding hydrogens is 367 g/mol. The SMILES string of the molecule is CCC(C)(O)C1CC(Cc2ccc(F)c(C3NCc4ncccc43)n2)CCCN1. The quantitative estimate of drug-likeness (QED) is 0.721. The topological polar surface area (TPSA) is 70.1 Å². The second-order valence-electron chi connectivity index (χ2n) is 8.69. The third-order valence-electron chi connectivity index (χ3n) is 6.63. The highest BCUT2D eigenvalue weighted by molar-refractivity contribution is 5.35. The number of nitrogens with one attached hydrogen (secondary N) is 2. The predicted molar refractivity (Wildman–Crippen MR) is 111 cm³/mol. The fourth-order valence-electron chi connectivity index (χ4n) is 4.63. The Labute approximate surface area is 172 Å². The van der Waals surface area contributed by atoms with Gasteiger partial charge in [-0.15, -0.1) is 0 Å². The van der Waals surface area contributed by atoms with E-state index in [1.54, 1.807) is 12.3 Å². The van der Waals surface area contributed by atoms with Crippen LogP contribution in [0, 0.1) is 11.7 Å². The number of hydrogen-bond acceptors (Lipinski definition) is 5. The summed E-state index contributed by atoms with van der Waals surface area (Å²) in [6.45, 7) is 5.50. The van der Waals surface area contributed by atoms with Crippen molar-refractivity contribution in [3.8, 4) is 0 Å². The van der Waals surface area contributed by atoms with Crippen LogP contribution < -0.4 is 10.6 Å². The van der Waals surface area contributed by atoms with E-state index in [9.17, 15) is 9.50 Å². The van der Waals surface area contributed by atoms with Crippen LogP contribution in [0.1, 0.15) is 68.2 Å². The fraction of sp³-hybridized carbons (Fsp3) is 0.565. The van der Waals surface area contributed by atoms with E-state index in [0.29, 0.717) is 18.2 Å². The smallest absolute Gasteiger partial charge is 0.146 e. The van der Waals surface area contributed by atoms with Crippen molar-refractivity contribution in [2.45, 2.75) is 70.2 Å². The summed E-state index contributed by atoms with van der Waals surface area (Å²) in [7, 11) is 0. The zero-order chi connectivity index (χ0) is 20.4. The number of rotatable bonds is 5. The van der Waals surface area contributed by atoms with Crippen molar-refractivity contribution in [3.05, 3.63) is 58.9 Å². The van der Waals surface area contributed by atoms with Crippen LogP contribution in [-0.2, 0) is 13.0 Å². The van der Waals surface area contributed by atoms with Crippen molar-refractivity contribution < 1.29 is 9.50 Å². The van der Waals surface area contributed by atoms with Gasteiger partial charge < -0.3 is 10.4 Å². The van der Waals surface area contributed by atoms with E-state index >= 15 is 0 Å². The molecule has 0 radical (unpaired) electrons. The lowest BCUT2D eigenvalue weighted by Crippen LogP contribution is -2.48. The maximum absolute atomic E-state index is 14.7. The molecule has 1 saturated heterocycles. The molecule has 5 nitrogen and oxygen atoms in total. The van der Waals surface area contributed by atoms with Crippen LogP contribution >= 0.6 is 0 Å². The number of pyridine rings is 2. The third kappa shape index (κ3) is 4.34. The van der Waals surface area contributed by atoms with E-state index in [-0.39, 0.29) is 17.9 Å². The van der Waals surface area contributed by atoms with E-state index < -0.39 is 5.60 Å². The van der Waals surface area contributed by atoms with Crippen LogP contribution in [0.3, 0.4) is 0 Å². The van der Waals surface area contributed by atoms with Gasteiger partial charge >= 0.3 is 0 Å². The van der Waals surface area contributed by atoms with Gasteiger partial charge in [0.25, 0.3) is 0 Å². The Morgan fingerprint density at radius 2 is 2.14 bits per heavy atom. The first-order valence-electron chi connectivity index (χ1n) is 10.8. The van der Waals surface area contributed by atoms with Gasteiger partial charge in [-0.3, -0.25) is 15.3 Å². The number of fused-ring (bicyclic) bond motifs is 1. The molecule has 2 aromatic rings. The predicted octanol–water partition coefficient (Wildman–Crippen LogP) is 3.27. The Hall–Kier alpha value is -1.89. The van der Waals surface area contributed by atoms with E-state index in [2.05, 4.69) is 15.6 Å². The number of aliphatic hydroxyl groups is 1. The summed E-state index contributed by atoms with van der Waals surface area (Å²) < 4.78 is 14.7. The van der Waals surface area contributed by atoms with Crippen molar-refractivity contribution in [3.63, 3.8) is 0 Å². The molecule has 0 saturated carbocycles. The highest BCUT2D eigenvalue weighted by atomic mass is 19.1. The highest BCUT2D eigenvalue weighted by Gasteiger charge is 2.33. The molecule has 1 fully saturated rings. The van der Waals surface area contributed by atoms with Gasteiger partial charge in [0.05, 0.1) is 23.0 Å². The second kappa shape index (κ2) is 8.46. The summed E-state index contributed by atoms with van der Waals surface area (Å²) in [6.07, 6.45) is 6.37. The van der Waals surface area contributed by atoms with Crippen molar-refractivity contribution in [2.75, 3.05) is 6.54 Å². The van der Waals surface area contributed by atoms with Crippen LogP contribution in [0.5, 0.6) is 0 Å². The number of halogens is 1. The van der Waals surface area contributed by atoms with Crippen LogP contribution in [0.4, 0.5) is 4.39 Å². The fourth-order valence-corrected chi connectivity index (χ4v) is 4.63. The molecule has 4 rings (SSSR count). The van der Waals surface area contributed by atoms with Crippen molar-refractivity contribution in [1.29, 1.82) is 0 Å². The average molecular weight is 399 g/mol. The lowest BCUT2D eigenvalue weighted by Gasteiger charge is -2.33. The summed E-state index contributed by atoms with van der Waals surface area (Å²) >= 11 is 0. The Morgan fingerprint density at radius 1 is 1.28 bits per heavy atom. The molecule has 0 amide bonds. The zero-order valence-electron chi connectivity index (χ0n) is 17.3. The van der Waals surface area contributed by atoms with Gasteiger partial charge in [-0.05, 0) is 75.3 Å². The molecule has 4 unspecified atom stereocenters. The normalized spacial score (nSPS) is 26.6. The standard InChI is InChI=1S/C23H31FN4O/c1-3-23(2,29)20-13-15(6-4-11-26-20)12-16-8-9-18(24)22(28-16)21-17-7-5-10-25-19(17)14-27-21/h5,7-10,15,20-21,26-27,29H,3-4,6,11-14H2,1-2H3. The average Bonchev–Trinajstić information content (AvgIpc) is 3.00. The summed E-state index contributed by atoms with van der Waals surface area (Å²) in [5.74, 6) is 0.140. The minimum absolute atomic E-state index is 0.0781. The molecule has 29 heavy (non-hydrogen) atoms. The van der Waals surface area contributed by atoms with Crippen molar-refractivity contribution >= 4 is 0 Å². The highest BCUT2D eigenvalue weighted by Crippen LogP contribution is 2.31. The Bertz CT molecular complexity index is 857. The molecule has 0 bridgehead atoms. The van der Waals surface area contributed by atoms with Crippen molar-refractivity contribution in [1.82, 2.24) is 20.6 Å². The molecule has 156 valence electrons. The first-order valence-corrected chi connectivity index (χ1v) is 10.8. The molecule has 2 aromatic heterocycles. The number of nitrogens with zero attached hydrogens (tertiary/aromatic N) is 2. The van der Waals surface area contributed by atoms with Crippen LogP contribution in [0.15, 0.2) is 30.5 Å². The largest absolute Gasteiger partial charge is 0.389 e. The van der Waals surface area contributed by atoms with Gasteiger partial charge in [0.2, 0.25) is 0 Å². The summed E-state index contributed by atoms with van der Waals surface area (Å²) in [5.41, 5.74) is 2.63. The second-order valence-corrected chi connectivity index (χ2v) is 8.69. The summed E-state index contributed by atoms with van der Waals surface area (Å²) in [4.78, 5) is 9.12. The van der Waals surface area contributed by atoms with E-state index in [4.69, 9.17) is 4.98 Å². The molecule has 4 heterocycles. The summed E-state index contributed by atoms with van der Waals surface area (Å²) in [6, 6.07) is 7.07. The van der Waals surface area contributed by atoms with Gasteiger partial charge in [-0.25, -0.2) is 4.39 Å². The van der Waals surface area contributed by atoms with Crippen LogP contribution in [-0.4, -0.2) is 33.3 Å².